The molecule has 120 valence electrons. The molecule has 0 N–H and O–H groups in total. The van der Waals surface area contributed by atoms with Gasteiger partial charge in [0.1, 0.15) is 0 Å². The maximum absolute atomic E-state index is 12.4. The van der Waals surface area contributed by atoms with Gasteiger partial charge in [0.15, 0.2) is 0 Å². The highest BCUT2D eigenvalue weighted by atomic mass is 32.1. The fourth-order valence-electron chi connectivity index (χ4n) is 3.69. The summed E-state index contributed by atoms with van der Waals surface area (Å²) in [5, 5.41) is 9.30. The molecule has 1 fully saturated rings. The van der Waals surface area contributed by atoms with Crippen LogP contribution in [0.25, 0.3) is 21.3 Å². The lowest BCUT2D eigenvalue weighted by Gasteiger charge is -2.10. The second kappa shape index (κ2) is 6.26. The maximum Gasteiger partial charge on any atom is 0.308 e. The third-order valence-corrected chi connectivity index (χ3v) is 5.88. The highest BCUT2D eigenvalue weighted by Gasteiger charge is 2.18. The summed E-state index contributed by atoms with van der Waals surface area (Å²) in [5.41, 5.74) is 3.60. The van der Waals surface area contributed by atoms with E-state index >= 15 is 0 Å². The smallest absolute Gasteiger partial charge is 0.298 e. The SMILES string of the molecule is N#Cc1ccccc1-c1ccc2c(c1)sc(=O)n2CC1CCCC1. The summed E-state index contributed by atoms with van der Waals surface area (Å²) in [6.07, 6.45) is 5.04. The fourth-order valence-corrected chi connectivity index (χ4v) is 4.63. The van der Waals surface area contributed by atoms with Crippen molar-refractivity contribution in [3.8, 4) is 17.2 Å². The van der Waals surface area contributed by atoms with Crippen LogP contribution in [0.3, 0.4) is 0 Å². The van der Waals surface area contributed by atoms with E-state index in [1.807, 2.05) is 47.0 Å². The molecule has 0 amide bonds. The largest absolute Gasteiger partial charge is 0.308 e. The molecule has 1 aromatic heterocycles. The molecule has 1 saturated carbocycles. The molecule has 4 rings (SSSR count). The quantitative estimate of drug-likeness (QED) is 0.691. The van der Waals surface area contributed by atoms with Gasteiger partial charge in [-0.25, -0.2) is 0 Å². The fraction of sp³-hybridized carbons (Fsp3) is 0.300. The molecule has 2 aromatic carbocycles. The Bertz CT molecular complexity index is 987. The van der Waals surface area contributed by atoms with Gasteiger partial charge in [0, 0.05) is 6.54 Å². The molecule has 0 atom stereocenters. The summed E-state index contributed by atoms with van der Waals surface area (Å²) in [6.45, 7) is 0.840. The van der Waals surface area contributed by atoms with Crippen LogP contribution in [0.4, 0.5) is 0 Å². The number of nitriles is 1. The average molecular weight is 334 g/mol. The van der Waals surface area contributed by atoms with E-state index in [2.05, 4.69) is 6.07 Å². The van der Waals surface area contributed by atoms with Crippen molar-refractivity contribution < 1.29 is 0 Å². The van der Waals surface area contributed by atoms with Crippen molar-refractivity contribution in [1.29, 1.82) is 5.26 Å². The summed E-state index contributed by atoms with van der Waals surface area (Å²) in [5.74, 6) is 0.638. The standard InChI is InChI=1S/C20H18N2OS/c21-12-16-7-3-4-8-17(16)15-9-10-18-19(11-15)24-20(23)22(18)13-14-5-1-2-6-14/h3-4,7-11,14H,1-2,5-6,13H2. The lowest BCUT2D eigenvalue weighted by molar-refractivity contribution is 0.461. The zero-order chi connectivity index (χ0) is 16.5. The molecule has 1 aliphatic carbocycles. The van der Waals surface area contributed by atoms with Gasteiger partial charge in [-0.15, -0.1) is 0 Å². The first-order chi connectivity index (χ1) is 11.8. The number of benzene rings is 2. The Morgan fingerprint density at radius 3 is 2.75 bits per heavy atom. The molecule has 3 aromatic rings. The number of hydrogen-bond donors (Lipinski definition) is 0. The normalized spacial score (nSPS) is 15.0. The van der Waals surface area contributed by atoms with E-state index in [-0.39, 0.29) is 4.87 Å². The van der Waals surface area contributed by atoms with Gasteiger partial charge in [0.25, 0.3) is 0 Å². The molecule has 4 heteroatoms. The highest BCUT2D eigenvalue weighted by Crippen LogP contribution is 2.30. The number of thiazole rings is 1. The predicted octanol–water partition coefficient (Wildman–Crippen LogP) is 4.79. The van der Waals surface area contributed by atoms with Gasteiger partial charge < -0.3 is 0 Å². The van der Waals surface area contributed by atoms with Crippen LogP contribution >= 0.6 is 11.3 Å². The molecule has 1 aliphatic rings. The van der Waals surface area contributed by atoms with Crippen molar-refractivity contribution in [3.05, 3.63) is 57.7 Å². The van der Waals surface area contributed by atoms with Crippen LogP contribution in [0.1, 0.15) is 31.2 Å². The van der Waals surface area contributed by atoms with Gasteiger partial charge >= 0.3 is 4.87 Å². The van der Waals surface area contributed by atoms with Gasteiger partial charge in [-0.05, 0) is 48.1 Å². The number of nitrogens with zero attached hydrogens (tertiary/aromatic N) is 2. The van der Waals surface area contributed by atoms with Crippen LogP contribution in [0.5, 0.6) is 0 Å². The van der Waals surface area contributed by atoms with Crippen molar-refractivity contribution in [2.75, 3.05) is 0 Å². The van der Waals surface area contributed by atoms with Crippen LogP contribution in [-0.2, 0) is 6.54 Å². The van der Waals surface area contributed by atoms with Gasteiger partial charge in [0.05, 0.1) is 21.8 Å². The van der Waals surface area contributed by atoms with Crippen molar-refractivity contribution in [1.82, 2.24) is 4.57 Å². The molecule has 0 saturated heterocycles. The second-order valence-corrected chi connectivity index (χ2v) is 7.46. The molecular weight excluding hydrogens is 316 g/mol. The van der Waals surface area contributed by atoms with E-state index in [0.717, 1.165) is 27.9 Å². The van der Waals surface area contributed by atoms with Crippen LogP contribution in [-0.4, -0.2) is 4.57 Å². The topological polar surface area (TPSA) is 45.8 Å². The van der Waals surface area contributed by atoms with Crippen LogP contribution in [0.15, 0.2) is 47.3 Å². The van der Waals surface area contributed by atoms with Crippen molar-refractivity contribution in [2.45, 2.75) is 32.2 Å². The van der Waals surface area contributed by atoms with E-state index < -0.39 is 0 Å². The zero-order valence-corrected chi connectivity index (χ0v) is 14.2. The van der Waals surface area contributed by atoms with Gasteiger partial charge in [-0.3, -0.25) is 9.36 Å². The van der Waals surface area contributed by atoms with E-state index in [9.17, 15) is 10.1 Å². The van der Waals surface area contributed by atoms with E-state index in [1.54, 1.807) is 0 Å². The van der Waals surface area contributed by atoms with Crippen LogP contribution < -0.4 is 4.87 Å². The summed E-state index contributed by atoms with van der Waals surface area (Å²) in [7, 11) is 0. The summed E-state index contributed by atoms with van der Waals surface area (Å²) < 4.78 is 2.94. The summed E-state index contributed by atoms with van der Waals surface area (Å²) in [4.78, 5) is 12.6. The predicted molar refractivity (Wildman–Crippen MR) is 98.2 cm³/mol. The highest BCUT2D eigenvalue weighted by molar-refractivity contribution is 7.16. The van der Waals surface area contributed by atoms with Gasteiger partial charge in [-0.1, -0.05) is 48.4 Å². The Kier molecular flexibility index (Phi) is 3.95. The number of aromatic nitrogens is 1. The average Bonchev–Trinajstić information content (AvgIpc) is 3.23. The molecule has 0 spiro atoms. The molecule has 24 heavy (non-hydrogen) atoms. The Hall–Kier alpha value is -2.38. The van der Waals surface area contributed by atoms with Gasteiger partial charge in [0.2, 0.25) is 0 Å². The first-order valence-electron chi connectivity index (χ1n) is 8.39. The molecule has 0 bridgehead atoms. The zero-order valence-electron chi connectivity index (χ0n) is 13.4. The number of hydrogen-bond acceptors (Lipinski definition) is 3. The summed E-state index contributed by atoms with van der Waals surface area (Å²) in [6, 6.07) is 15.9. The maximum atomic E-state index is 12.4. The molecule has 3 nitrogen and oxygen atoms in total. The van der Waals surface area contributed by atoms with E-state index in [4.69, 9.17) is 0 Å². The molecule has 0 radical (unpaired) electrons. The Balaban J connectivity index is 1.77. The number of rotatable bonds is 3. The van der Waals surface area contributed by atoms with Crippen molar-refractivity contribution >= 4 is 21.6 Å². The Labute approximate surface area is 144 Å². The first-order valence-corrected chi connectivity index (χ1v) is 9.21. The lowest BCUT2D eigenvalue weighted by atomic mass is 10.0. The van der Waals surface area contributed by atoms with E-state index in [1.165, 1.54) is 37.0 Å². The third-order valence-electron chi connectivity index (χ3n) is 4.94. The molecule has 1 heterocycles. The lowest BCUT2D eigenvalue weighted by Crippen LogP contribution is -2.17. The van der Waals surface area contributed by atoms with Crippen molar-refractivity contribution in [2.24, 2.45) is 5.92 Å². The Morgan fingerprint density at radius 1 is 1.17 bits per heavy atom. The second-order valence-electron chi connectivity index (χ2n) is 6.47. The van der Waals surface area contributed by atoms with Crippen molar-refractivity contribution in [3.63, 3.8) is 0 Å². The van der Waals surface area contributed by atoms with Gasteiger partial charge in [-0.2, -0.15) is 5.26 Å². The molecule has 0 aliphatic heterocycles. The Morgan fingerprint density at radius 2 is 1.96 bits per heavy atom. The molecule has 0 unspecified atom stereocenters. The minimum Gasteiger partial charge on any atom is -0.298 e. The minimum atomic E-state index is 0.127. The third kappa shape index (κ3) is 2.65. The van der Waals surface area contributed by atoms with E-state index in [0.29, 0.717) is 11.5 Å². The molecular formula is C20H18N2OS. The first kappa shape index (κ1) is 15.2. The summed E-state index contributed by atoms with van der Waals surface area (Å²) >= 11 is 1.31. The van der Waals surface area contributed by atoms with Crippen LogP contribution in [0, 0.1) is 17.2 Å². The minimum absolute atomic E-state index is 0.127. The monoisotopic (exact) mass is 334 g/mol. The number of fused-ring (bicyclic) bond motifs is 1. The van der Waals surface area contributed by atoms with Crippen LogP contribution in [0.2, 0.25) is 0 Å².